The van der Waals surface area contributed by atoms with E-state index in [0.29, 0.717) is 0 Å². The van der Waals surface area contributed by atoms with E-state index in [2.05, 4.69) is 62.9 Å². The van der Waals surface area contributed by atoms with Crippen molar-refractivity contribution in [3.05, 3.63) is 78.4 Å². The Bertz CT molecular complexity index is 500. The fraction of sp³-hybridized carbons (Fsp3) is 0.364. The first-order valence-electron chi connectivity index (χ1n) is 8.56. The zero-order valence-corrected chi connectivity index (χ0v) is 14.2. The molecule has 0 aliphatic heterocycles. The van der Waals surface area contributed by atoms with Gasteiger partial charge in [-0.25, -0.2) is 0 Å². The van der Waals surface area contributed by atoms with E-state index in [1.165, 1.54) is 49.7 Å². The van der Waals surface area contributed by atoms with E-state index in [4.69, 9.17) is 0 Å². The number of unbranched alkanes of at least 4 members (excludes halogenated alkanes) is 3. The van der Waals surface area contributed by atoms with Crippen LogP contribution in [0.1, 0.15) is 57.9 Å². The van der Waals surface area contributed by atoms with Gasteiger partial charge in [0.05, 0.1) is 0 Å². The van der Waals surface area contributed by atoms with Crippen LogP contribution >= 0.6 is 0 Å². The Labute approximate surface area is 137 Å². The van der Waals surface area contributed by atoms with Gasteiger partial charge < -0.3 is 0 Å². The Morgan fingerprint density at radius 2 is 1.64 bits per heavy atom. The summed E-state index contributed by atoms with van der Waals surface area (Å²) >= 11 is 0. The van der Waals surface area contributed by atoms with Gasteiger partial charge in [0.1, 0.15) is 0 Å². The number of benzene rings is 1. The topological polar surface area (TPSA) is 0 Å². The van der Waals surface area contributed by atoms with E-state index in [-0.39, 0.29) is 0 Å². The second-order valence-corrected chi connectivity index (χ2v) is 5.63. The summed E-state index contributed by atoms with van der Waals surface area (Å²) in [5.74, 6) is 0. The maximum Gasteiger partial charge on any atom is -0.0190 e. The highest BCUT2D eigenvalue weighted by molar-refractivity contribution is 5.72. The first-order valence-corrected chi connectivity index (χ1v) is 8.56. The molecule has 0 aromatic heterocycles. The highest BCUT2D eigenvalue weighted by Crippen LogP contribution is 2.14. The van der Waals surface area contributed by atoms with Crippen LogP contribution in [0.25, 0.3) is 5.57 Å². The molecule has 0 nitrogen and oxygen atoms in total. The summed E-state index contributed by atoms with van der Waals surface area (Å²) in [4.78, 5) is 0. The van der Waals surface area contributed by atoms with Crippen molar-refractivity contribution < 1.29 is 0 Å². The van der Waals surface area contributed by atoms with Gasteiger partial charge in [0, 0.05) is 0 Å². The molecule has 1 aromatic rings. The first-order chi connectivity index (χ1) is 10.8. The molecule has 0 amide bonds. The Balaban J connectivity index is 2.56. The second kappa shape index (κ2) is 11.8. The molecule has 0 unspecified atom stereocenters. The fourth-order valence-corrected chi connectivity index (χ4v) is 2.23. The van der Waals surface area contributed by atoms with Crippen LogP contribution in [0.3, 0.4) is 0 Å². The van der Waals surface area contributed by atoms with E-state index < -0.39 is 0 Å². The molecule has 0 radical (unpaired) electrons. The standard InChI is InChI=1S/C22H30/c1-4-6-9-16-21(15-7-5-2)17-13-12-14-20(3)22-18-10-8-11-19-22/h8,10-14,16-19H,3-7,9,15H2,1-2H3. The van der Waals surface area contributed by atoms with E-state index in [9.17, 15) is 0 Å². The van der Waals surface area contributed by atoms with Gasteiger partial charge in [0.2, 0.25) is 0 Å². The molecule has 0 aliphatic rings. The molecule has 0 saturated carbocycles. The summed E-state index contributed by atoms with van der Waals surface area (Å²) in [6, 6.07) is 10.3. The number of allylic oxidation sites excluding steroid dienone is 7. The molecule has 0 atom stereocenters. The molecule has 22 heavy (non-hydrogen) atoms. The zero-order valence-electron chi connectivity index (χ0n) is 14.2. The Morgan fingerprint density at radius 1 is 0.955 bits per heavy atom. The number of rotatable bonds is 10. The van der Waals surface area contributed by atoms with Crippen LogP contribution in [-0.2, 0) is 0 Å². The van der Waals surface area contributed by atoms with Gasteiger partial charge in [-0.2, -0.15) is 0 Å². The molecule has 0 spiro atoms. The molecule has 1 rings (SSSR count). The van der Waals surface area contributed by atoms with Crippen LogP contribution in [0.2, 0.25) is 0 Å². The first kappa shape index (κ1) is 18.2. The maximum atomic E-state index is 4.12. The summed E-state index contributed by atoms with van der Waals surface area (Å²) in [7, 11) is 0. The average molecular weight is 294 g/mol. The van der Waals surface area contributed by atoms with E-state index >= 15 is 0 Å². The molecular weight excluding hydrogens is 264 g/mol. The van der Waals surface area contributed by atoms with E-state index in [1.54, 1.807) is 0 Å². The third-order valence-electron chi connectivity index (χ3n) is 3.65. The minimum Gasteiger partial charge on any atom is -0.0912 e. The Kier molecular flexibility index (Phi) is 9.78. The van der Waals surface area contributed by atoms with Gasteiger partial charge in [-0.3, -0.25) is 0 Å². The van der Waals surface area contributed by atoms with Crippen LogP contribution < -0.4 is 0 Å². The molecule has 0 N–H and O–H groups in total. The van der Waals surface area contributed by atoms with Crippen molar-refractivity contribution in [3.8, 4) is 0 Å². The van der Waals surface area contributed by atoms with Crippen molar-refractivity contribution in [3.63, 3.8) is 0 Å². The van der Waals surface area contributed by atoms with Crippen LogP contribution in [0, 0.1) is 0 Å². The molecule has 0 heterocycles. The molecule has 118 valence electrons. The summed E-state index contributed by atoms with van der Waals surface area (Å²) in [6.45, 7) is 8.61. The monoisotopic (exact) mass is 294 g/mol. The highest BCUT2D eigenvalue weighted by atomic mass is 14.0. The number of hydrogen-bond acceptors (Lipinski definition) is 0. The second-order valence-electron chi connectivity index (χ2n) is 5.63. The summed E-state index contributed by atoms with van der Waals surface area (Å²) in [5.41, 5.74) is 3.69. The van der Waals surface area contributed by atoms with Crippen LogP contribution in [-0.4, -0.2) is 0 Å². The van der Waals surface area contributed by atoms with E-state index in [0.717, 1.165) is 5.57 Å². The lowest BCUT2D eigenvalue weighted by molar-refractivity contribution is 0.778. The van der Waals surface area contributed by atoms with Crippen molar-refractivity contribution in [2.75, 3.05) is 0 Å². The largest absolute Gasteiger partial charge is 0.0912 e. The number of hydrogen-bond donors (Lipinski definition) is 0. The zero-order chi connectivity index (χ0) is 16.0. The molecule has 0 bridgehead atoms. The van der Waals surface area contributed by atoms with Crippen LogP contribution in [0.15, 0.2) is 72.9 Å². The van der Waals surface area contributed by atoms with Gasteiger partial charge in [-0.15, -0.1) is 0 Å². The van der Waals surface area contributed by atoms with Gasteiger partial charge in [0.25, 0.3) is 0 Å². The lowest BCUT2D eigenvalue weighted by atomic mass is 10.0. The average Bonchev–Trinajstić information content (AvgIpc) is 2.56. The van der Waals surface area contributed by atoms with Crippen molar-refractivity contribution in [1.29, 1.82) is 0 Å². The predicted octanol–water partition coefficient (Wildman–Crippen LogP) is 7.12. The molecule has 0 aliphatic carbocycles. The summed E-state index contributed by atoms with van der Waals surface area (Å²) in [5, 5.41) is 0. The molecule has 0 fully saturated rings. The smallest absolute Gasteiger partial charge is 0.0190 e. The van der Waals surface area contributed by atoms with Gasteiger partial charge >= 0.3 is 0 Å². The molecule has 1 aromatic carbocycles. The van der Waals surface area contributed by atoms with Crippen molar-refractivity contribution in [1.82, 2.24) is 0 Å². The molecule has 0 saturated heterocycles. The van der Waals surface area contributed by atoms with Gasteiger partial charge in [-0.1, -0.05) is 106 Å². The Hall–Kier alpha value is -1.82. The van der Waals surface area contributed by atoms with Gasteiger partial charge in [-0.05, 0) is 30.4 Å². The predicted molar refractivity (Wildman–Crippen MR) is 101 cm³/mol. The molecule has 0 heteroatoms. The highest BCUT2D eigenvalue weighted by Gasteiger charge is 1.93. The SMILES string of the molecule is C=C(C=CC=CC(=CCCCC)CCCC)c1ccccc1. The fourth-order valence-electron chi connectivity index (χ4n) is 2.23. The maximum absolute atomic E-state index is 4.12. The lowest BCUT2D eigenvalue weighted by Crippen LogP contribution is -1.81. The lowest BCUT2D eigenvalue weighted by Gasteiger charge is -2.01. The summed E-state index contributed by atoms with van der Waals surface area (Å²) < 4.78 is 0. The normalized spacial score (nSPS) is 12.4. The van der Waals surface area contributed by atoms with Crippen LogP contribution in [0.4, 0.5) is 0 Å². The Morgan fingerprint density at radius 3 is 2.32 bits per heavy atom. The minimum atomic E-state index is 1.05. The van der Waals surface area contributed by atoms with Crippen molar-refractivity contribution >= 4 is 5.57 Å². The molecular formula is C22H30. The third-order valence-corrected chi connectivity index (χ3v) is 3.65. The van der Waals surface area contributed by atoms with Gasteiger partial charge in [0.15, 0.2) is 0 Å². The van der Waals surface area contributed by atoms with E-state index in [1.807, 2.05) is 18.2 Å². The third kappa shape index (κ3) is 7.83. The quantitative estimate of drug-likeness (QED) is 0.318. The summed E-state index contributed by atoms with van der Waals surface area (Å²) in [6.07, 6.45) is 18.4. The minimum absolute atomic E-state index is 1.05. The van der Waals surface area contributed by atoms with Crippen molar-refractivity contribution in [2.24, 2.45) is 0 Å². The van der Waals surface area contributed by atoms with Crippen molar-refractivity contribution in [2.45, 2.75) is 52.4 Å². The van der Waals surface area contributed by atoms with Crippen LogP contribution in [0.5, 0.6) is 0 Å².